The van der Waals surface area contributed by atoms with Crippen molar-refractivity contribution in [3.8, 4) is 0 Å². The highest BCUT2D eigenvalue weighted by atomic mass is 32.2. The maximum absolute atomic E-state index is 11.3. The van der Waals surface area contributed by atoms with Crippen molar-refractivity contribution in [2.45, 2.75) is 56.5 Å². The van der Waals surface area contributed by atoms with Gasteiger partial charge in [0, 0.05) is 25.0 Å². The summed E-state index contributed by atoms with van der Waals surface area (Å²) >= 11 is 1.82. The number of hydrogen-bond donors (Lipinski definition) is 0. The van der Waals surface area contributed by atoms with Crippen LogP contribution in [-0.4, -0.2) is 34.6 Å². The van der Waals surface area contributed by atoms with Crippen LogP contribution >= 0.6 is 11.8 Å². The van der Waals surface area contributed by atoms with E-state index in [2.05, 4.69) is 0 Å². The molecule has 18 heavy (non-hydrogen) atoms. The van der Waals surface area contributed by atoms with Gasteiger partial charge in [0.15, 0.2) is 0 Å². The molecule has 0 radical (unpaired) electrons. The van der Waals surface area contributed by atoms with Crippen LogP contribution in [-0.2, 0) is 19.1 Å². The van der Waals surface area contributed by atoms with Crippen LogP contribution in [0.1, 0.15) is 39.5 Å². The minimum absolute atomic E-state index is 0.0643. The fourth-order valence-corrected chi connectivity index (χ4v) is 4.88. The summed E-state index contributed by atoms with van der Waals surface area (Å²) in [6.45, 7) is 2.91. The topological polar surface area (TPSA) is 52.6 Å². The Bertz CT molecular complexity index is 398. The molecule has 0 N–H and O–H groups in total. The molecule has 2 atom stereocenters. The summed E-state index contributed by atoms with van der Waals surface area (Å²) in [6, 6.07) is 0. The Hall–Kier alpha value is -0.710. The second-order valence-corrected chi connectivity index (χ2v) is 7.13. The van der Waals surface area contributed by atoms with Crippen molar-refractivity contribution in [2.24, 2.45) is 5.41 Å². The van der Waals surface area contributed by atoms with Gasteiger partial charge in [-0.3, -0.25) is 9.59 Å². The third-order valence-electron chi connectivity index (χ3n) is 4.33. The Kier molecular flexibility index (Phi) is 2.66. The van der Waals surface area contributed by atoms with Crippen molar-refractivity contribution in [1.82, 2.24) is 0 Å². The fourth-order valence-electron chi connectivity index (χ4n) is 3.18. The van der Waals surface area contributed by atoms with E-state index in [4.69, 9.17) is 9.47 Å². The van der Waals surface area contributed by atoms with E-state index >= 15 is 0 Å². The minimum Gasteiger partial charge on any atom is -0.461 e. The number of carbonyl (C=O) groups excluding carboxylic acids is 2. The molecular weight excluding hydrogens is 252 g/mol. The van der Waals surface area contributed by atoms with Crippen LogP contribution in [0.4, 0.5) is 0 Å². The maximum Gasteiger partial charge on any atom is 0.302 e. The average molecular weight is 270 g/mol. The zero-order valence-corrected chi connectivity index (χ0v) is 11.5. The SMILES string of the molecule is CC(=O)O[C@@H]1CSC2(CC2)[C@H](OC(C)=O)C12CC2. The van der Waals surface area contributed by atoms with Crippen molar-refractivity contribution in [2.75, 3.05) is 5.75 Å². The molecule has 0 amide bonds. The highest BCUT2D eigenvalue weighted by molar-refractivity contribution is 8.01. The molecular formula is C13H18O4S. The lowest BCUT2D eigenvalue weighted by atomic mass is 9.88. The van der Waals surface area contributed by atoms with Gasteiger partial charge in [-0.05, 0) is 25.7 Å². The van der Waals surface area contributed by atoms with Gasteiger partial charge in [-0.1, -0.05) is 0 Å². The highest BCUT2D eigenvalue weighted by Gasteiger charge is 2.71. The zero-order chi connectivity index (χ0) is 13.0. The molecule has 3 fully saturated rings. The van der Waals surface area contributed by atoms with Crippen molar-refractivity contribution in [3.05, 3.63) is 0 Å². The molecule has 0 aromatic heterocycles. The molecule has 1 aliphatic heterocycles. The Morgan fingerprint density at radius 1 is 1.06 bits per heavy atom. The Morgan fingerprint density at radius 2 is 1.67 bits per heavy atom. The van der Waals surface area contributed by atoms with Gasteiger partial charge in [0.05, 0.1) is 4.75 Å². The largest absolute Gasteiger partial charge is 0.461 e. The van der Waals surface area contributed by atoms with Crippen LogP contribution in [0.2, 0.25) is 0 Å². The zero-order valence-electron chi connectivity index (χ0n) is 10.7. The first-order chi connectivity index (χ1) is 8.48. The van der Waals surface area contributed by atoms with Gasteiger partial charge in [-0.25, -0.2) is 0 Å². The first-order valence-corrected chi connectivity index (χ1v) is 7.45. The Balaban J connectivity index is 1.83. The van der Waals surface area contributed by atoms with E-state index in [9.17, 15) is 9.59 Å². The van der Waals surface area contributed by atoms with E-state index in [1.54, 1.807) is 0 Å². The monoisotopic (exact) mass is 270 g/mol. The molecule has 0 bridgehead atoms. The van der Waals surface area contributed by atoms with Gasteiger partial charge in [0.2, 0.25) is 0 Å². The van der Waals surface area contributed by atoms with Gasteiger partial charge >= 0.3 is 11.9 Å². The minimum atomic E-state index is -0.236. The fraction of sp³-hybridized carbons (Fsp3) is 0.846. The summed E-state index contributed by atoms with van der Waals surface area (Å²) < 4.78 is 11.2. The summed E-state index contributed by atoms with van der Waals surface area (Å²) in [4.78, 5) is 22.5. The molecule has 4 nitrogen and oxygen atoms in total. The van der Waals surface area contributed by atoms with Crippen molar-refractivity contribution in [3.63, 3.8) is 0 Å². The summed E-state index contributed by atoms with van der Waals surface area (Å²) in [7, 11) is 0. The molecule has 2 saturated carbocycles. The van der Waals surface area contributed by atoms with Crippen LogP contribution in [0.5, 0.6) is 0 Å². The molecule has 5 heteroatoms. The van der Waals surface area contributed by atoms with Crippen LogP contribution in [0, 0.1) is 5.41 Å². The van der Waals surface area contributed by atoms with Gasteiger partial charge in [-0.15, -0.1) is 11.8 Å². The van der Waals surface area contributed by atoms with Crippen LogP contribution in [0.3, 0.4) is 0 Å². The summed E-state index contributed by atoms with van der Waals surface area (Å²) in [5, 5.41) is 0. The van der Waals surface area contributed by atoms with Crippen molar-refractivity contribution >= 4 is 23.7 Å². The Morgan fingerprint density at radius 3 is 2.11 bits per heavy atom. The predicted octanol–water partition coefficient (Wildman–Crippen LogP) is 1.91. The van der Waals surface area contributed by atoms with Gasteiger partial charge in [0.25, 0.3) is 0 Å². The standard InChI is InChI=1S/C13H18O4S/c1-8(14)16-10-7-18-13(5-6-13)11(17-9(2)15)12(10)3-4-12/h10-11H,3-7H2,1-2H3/t10-,11-/m1/s1. The highest BCUT2D eigenvalue weighted by Crippen LogP contribution is 2.68. The Labute approximate surface area is 111 Å². The maximum atomic E-state index is 11.3. The van der Waals surface area contributed by atoms with E-state index in [0.29, 0.717) is 0 Å². The lowest BCUT2D eigenvalue weighted by molar-refractivity contribution is -0.162. The van der Waals surface area contributed by atoms with E-state index in [1.807, 2.05) is 11.8 Å². The van der Waals surface area contributed by atoms with Crippen LogP contribution in [0.25, 0.3) is 0 Å². The van der Waals surface area contributed by atoms with E-state index in [-0.39, 0.29) is 34.3 Å². The number of rotatable bonds is 2. The molecule has 2 spiro atoms. The second-order valence-electron chi connectivity index (χ2n) is 5.70. The van der Waals surface area contributed by atoms with Crippen LogP contribution < -0.4 is 0 Å². The molecule has 0 aromatic rings. The predicted molar refractivity (Wildman–Crippen MR) is 67.2 cm³/mol. The van der Waals surface area contributed by atoms with Gasteiger partial charge < -0.3 is 9.47 Å². The molecule has 100 valence electrons. The smallest absolute Gasteiger partial charge is 0.302 e. The lowest BCUT2D eigenvalue weighted by Gasteiger charge is -2.42. The molecule has 1 saturated heterocycles. The summed E-state index contributed by atoms with van der Waals surface area (Å²) in [6.07, 6.45) is 4.09. The number of hydrogen-bond acceptors (Lipinski definition) is 5. The molecule has 1 heterocycles. The third kappa shape index (κ3) is 1.83. The number of carbonyl (C=O) groups is 2. The normalized spacial score (nSPS) is 34.1. The molecule has 2 aliphatic carbocycles. The van der Waals surface area contributed by atoms with Crippen molar-refractivity contribution in [1.29, 1.82) is 0 Å². The quantitative estimate of drug-likeness (QED) is 0.717. The average Bonchev–Trinajstić information content (AvgIpc) is 3.16. The van der Waals surface area contributed by atoms with Gasteiger partial charge in [-0.2, -0.15) is 0 Å². The molecule has 3 rings (SSSR count). The summed E-state index contributed by atoms with van der Waals surface area (Å²) in [5.74, 6) is 0.388. The number of esters is 2. The molecule has 3 aliphatic rings. The third-order valence-corrected chi connectivity index (χ3v) is 5.99. The first kappa shape index (κ1) is 12.3. The van der Waals surface area contributed by atoms with E-state index < -0.39 is 0 Å². The van der Waals surface area contributed by atoms with Crippen molar-refractivity contribution < 1.29 is 19.1 Å². The van der Waals surface area contributed by atoms with E-state index in [1.165, 1.54) is 13.8 Å². The second kappa shape index (κ2) is 3.89. The van der Waals surface area contributed by atoms with Crippen LogP contribution in [0.15, 0.2) is 0 Å². The molecule has 0 aromatic carbocycles. The first-order valence-electron chi connectivity index (χ1n) is 6.47. The van der Waals surface area contributed by atoms with Gasteiger partial charge in [0.1, 0.15) is 12.2 Å². The molecule has 0 unspecified atom stereocenters. The van der Waals surface area contributed by atoms with E-state index in [0.717, 1.165) is 31.4 Å². The number of ether oxygens (including phenoxy) is 2. The summed E-state index contributed by atoms with van der Waals surface area (Å²) in [5.41, 5.74) is -0.0842. The number of thioether (sulfide) groups is 1. The lowest BCUT2D eigenvalue weighted by Crippen LogP contribution is -2.51.